The first kappa shape index (κ1) is 25.6. The van der Waals surface area contributed by atoms with E-state index in [9.17, 15) is 30.4 Å². The van der Waals surface area contributed by atoms with Crippen molar-refractivity contribution in [2.45, 2.75) is 41.9 Å². The third-order valence-electron chi connectivity index (χ3n) is 5.05. The number of amides is 1. The Hall–Kier alpha value is -3.01. The molecule has 0 unspecified atom stereocenters. The Bertz CT molecular complexity index is 1340. The van der Waals surface area contributed by atoms with Crippen LogP contribution in [-0.2, 0) is 20.0 Å². The molecule has 1 aliphatic carbocycles. The molecule has 0 spiro atoms. The van der Waals surface area contributed by atoms with Crippen molar-refractivity contribution in [3.63, 3.8) is 0 Å². The number of benzene rings is 2. The zero-order valence-electron chi connectivity index (χ0n) is 17.8. The second kappa shape index (κ2) is 10.5. The summed E-state index contributed by atoms with van der Waals surface area (Å²) >= 11 is 0. The van der Waals surface area contributed by atoms with E-state index in [2.05, 4.69) is 11.8 Å². The molecule has 0 aromatic heterocycles. The molecular weight excluding hydrogens is 490 g/mol. The highest BCUT2D eigenvalue weighted by Gasteiger charge is 2.26. The summed E-state index contributed by atoms with van der Waals surface area (Å²) in [4.78, 5) is 11.3. The summed E-state index contributed by atoms with van der Waals surface area (Å²) in [6.07, 6.45) is 1.24. The maximum atomic E-state index is 12.7. The van der Waals surface area contributed by atoms with E-state index in [0.717, 1.165) is 43.9 Å². The summed E-state index contributed by atoms with van der Waals surface area (Å²) in [5.41, 5.74) is 0.0684. The van der Waals surface area contributed by atoms with Crippen LogP contribution in [-0.4, -0.2) is 35.8 Å². The Morgan fingerprint density at radius 3 is 2.35 bits per heavy atom. The van der Waals surface area contributed by atoms with Crippen LogP contribution >= 0.6 is 0 Å². The van der Waals surface area contributed by atoms with Crippen LogP contribution in [0, 0.1) is 17.8 Å². The number of hydrogen-bond acceptors (Lipinski definition) is 6. The fourth-order valence-corrected chi connectivity index (χ4v) is 5.79. The van der Waals surface area contributed by atoms with Crippen molar-refractivity contribution in [3.8, 4) is 17.6 Å². The van der Waals surface area contributed by atoms with E-state index in [4.69, 9.17) is 9.88 Å². The molecule has 3 N–H and O–H groups in total. The maximum absolute atomic E-state index is 12.7. The van der Waals surface area contributed by atoms with Gasteiger partial charge in [0.25, 0.3) is 22.4 Å². The molecule has 0 atom stereocenters. The zero-order chi connectivity index (χ0) is 24.9. The Balaban J connectivity index is 1.90. The summed E-state index contributed by atoms with van der Waals surface area (Å²) < 4.78 is 81.1. The number of halogens is 2. The van der Waals surface area contributed by atoms with E-state index in [1.165, 1.54) is 24.3 Å². The molecule has 1 saturated carbocycles. The summed E-state index contributed by atoms with van der Waals surface area (Å²) in [5, 5.41) is 5.07. The minimum atomic E-state index is -4.64. The third-order valence-corrected chi connectivity index (χ3v) is 7.53. The Kier molecular flexibility index (Phi) is 7.91. The summed E-state index contributed by atoms with van der Waals surface area (Å²) in [7, 11) is -9.03. The van der Waals surface area contributed by atoms with E-state index in [-0.39, 0.29) is 22.8 Å². The number of nitrogens with one attached hydrogen (secondary N) is 1. The van der Waals surface area contributed by atoms with Crippen LogP contribution in [0.1, 0.15) is 41.6 Å². The van der Waals surface area contributed by atoms with Crippen molar-refractivity contribution in [1.29, 1.82) is 0 Å². The standard InChI is InChI=1S/C22H22F2N2O6S2/c23-21(24)14-32-18-13-17(12-11-16(18)10-9-15-5-1-2-6-15)22(27)26-34(30,31)20-8-4-3-7-19(20)33(25,28)29/h3-4,7-8,11-13,15,21H,1-2,5-6,14H2,(H,26,27)(H2,25,28,29). The fraction of sp³-hybridized carbons (Fsp3) is 0.318. The predicted molar refractivity (Wildman–Crippen MR) is 119 cm³/mol. The first-order chi connectivity index (χ1) is 16.0. The monoisotopic (exact) mass is 512 g/mol. The number of sulfonamides is 2. The second-order valence-electron chi connectivity index (χ2n) is 7.59. The molecular formula is C22H22F2N2O6S2. The van der Waals surface area contributed by atoms with Gasteiger partial charge in [-0.05, 0) is 43.2 Å². The summed E-state index contributed by atoms with van der Waals surface area (Å²) in [6.45, 7) is -0.941. The molecule has 2 aromatic carbocycles. The largest absolute Gasteiger partial charge is 0.486 e. The average Bonchev–Trinajstić information content (AvgIpc) is 3.29. The van der Waals surface area contributed by atoms with Gasteiger partial charge in [0.2, 0.25) is 10.0 Å². The minimum absolute atomic E-state index is 0.0965. The lowest BCUT2D eigenvalue weighted by molar-refractivity contribution is 0.0817. The molecule has 0 aliphatic heterocycles. The highest BCUT2D eigenvalue weighted by molar-refractivity contribution is 7.92. The van der Waals surface area contributed by atoms with Gasteiger partial charge in [0.15, 0.2) is 0 Å². The molecule has 0 radical (unpaired) electrons. The SMILES string of the molecule is NS(=O)(=O)c1ccccc1S(=O)(=O)NC(=O)c1ccc(C#CC2CCCC2)c(OCC(F)F)c1. The Labute approximate surface area is 196 Å². The first-order valence-corrected chi connectivity index (χ1v) is 13.3. The smallest absolute Gasteiger partial charge is 0.272 e. The normalized spacial score (nSPS) is 14.5. The molecule has 0 heterocycles. The molecule has 12 heteroatoms. The highest BCUT2D eigenvalue weighted by Crippen LogP contribution is 2.26. The van der Waals surface area contributed by atoms with Gasteiger partial charge in [0.1, 0.15) is 22.1 Å². The van der Waals surface area contributed by atoms with Crippen molar-refractivity contribution >= 4 is 26.0 Å². The van der Waals surface area contributed by atoms with Gasteiger partial charge in [-0.3, -0.25) is 4.79 Å². The van der Waals surface area contributed by atoms with Gasteiger partial charge in [-0.15, -0.1) is 0 Å². The van der Waals surface area contributed by atoms with Crippen molar-refractivity contribution in [2.75, 3.05) is 6.61 Å². The number of ether oxygens (including phenoxy) is 1. The number of primary sulfonamides is 1. The maximum Gasteiger partial charge on any atom is 0.272 e. The van der Waals surface area contributed by atoms with Crippen LogP contribution < -0.4 is 14.6 Å². The molecule has 0 bridgehead atoms. The summed E-state index contributed by atoms with van der Waals surface area (Å²) in [5.74, 6) is 4.93. The van der Waals surface area contributed by atoms with Gasteiger partial charge in [0, 0.05) is 11.5 Å². The highest BCUT2D eigenvalue weighted by atomic mass is 32.2. The number of rotatable bonds is 7. The van der Waals surface area contributed by atoms with Gasteiger partial charge in [-0.25, -0.2) is 35.5 Å². The van der Waals surface area contributed by atoms with E-state index in [1.54, 1.807) is 4.72 Å². The number of alkyl halides is 2. The van der Waals surface area contributed by atoms with E-state index >= 15 is 0 Å². The van der Waals surface area contributed by atoms with E-state index < -0.39 is 48.8 Å². The molecule has 3 rings (SSSR count). The number of nitrogens with two attached hydrogens (primary N) is 1. The molecule has 1 fully saturated rings. The van der Waals surface area contributed by atoms with Gasteiger partial charge < -0.3 is 4.74 Å². The summed E-state index contributed by atoms with van der Waals surface area (Å²) in [6, 6.07) is 8.27. The van der Waals surface area contributed by atoms with Crippen LogP contribution in [0.15, 0.2) is 52.3 Å². The van der Waals surface area contributed by atoms with Crippen LogP contribution in [0.4, 0.5) is 8.78 Å². The first-order valence-electron chi connectivity index (χ1n) is 10.2. The van der Waals surface area contributed by atoms with Crippen molar-refractivity contribution in [2.24, 2.45) is 11.1 Å². The van der Waals surface area contributed by atoms with Crippen LogP contribution in [0.5, 0.6) is 5.75 Å². The Morgan fingerprint density at radius 2 is 1.74 bits per heavy atom. The van der Waals surface area contributed by atoms with Crippen molar-refractivity contribution < 1.29 is 35.1 Å². The molecule has 182 valence electrons. The van der Waals surface area contributed by atoms with E-state index in [1.807, 2.05) is 0 Å². The Morgan fingerprint density at radius 1 is 1.09 bits per heavy atom. The lowest BCUT2D eigenvalue weighted by Crippen LogP contribution is -2.32. The molecule has 8 nitrogen and oxygen atoms in total. The van der Waals surface area contributed by atoms with Crippen LogP contribution in [0.2, 0.25) is 0 Å². The van der Waals surface area contributed by atoms with Crippen molar-refractivity contribution in [3.05, 3.63) is 53.6 Å². The second-order valence-corrected chi connectivity index (χ2v) is 10.8. The molecule has 2 aromatic rings. The number of hydrogen-bond donors (Lipinski definition) is 2. The lowest BCUT2D eigenvalue weighted by atomic mass is 10.1. The van der Waals surface area contributed by atoms with Gasteiger partial charge in [-0.2, -0.15) is 0 Å². The zero-order valence-corrected chi connectivity index (χ0v) is 19.5. The van der Waals surface area contributed by atoms with Crippen LogP contribution in [0.3, 0.4) is 0 Å². The molecule has 0 saturated heterocycles. The third kappa shape index (κ3) is 6.53. The van der Waals surface area contributed by atoms with Gasteiger partial charge >= 0.3 is 0 Å². The minimum Gasteiger partial charge on any atom is -0.486 e. The van der Waals surface area contributed by atoms with Gasteiger partial charge in [-0.1, -0.05) is 36.8 Å². The number of carbonyl (C=O) groups excluding carboxylic acids is 1. The lowest BCUT2D eigenvalue weighted by Gasteiger charge is -2.12. The molecule has 1 aliphatic rings. The van der Waals surface area contributed by atoms with Gasteiger partial charge in [0.05, 0.1) is 5.56 Å². The van der Waals surface area contributed by atoms with Crippen LogP contribution in [0.25, 0.3) is 0 Å². The molecule has 34 heavy (non-hydrogen) atoms. The van der Waals surface area contributed by atoms with E-state index in [0.29, 0.717) is 0 Å². The number of carbonyl (C=O) groups is 1. The van der Waals surface area contributed by atoms with Crippen molar-refractivity contribution in [1.82, 2.24) is 4.72 Å². The molecule has 1 amide bonds. The topological polar surface area (TPSA) is 133 Å². The quantitative estimate of drug-likeness (QED) is 0.548. The average molecular weight is 513 g/mol. The predicted octanol–water partition coefficient (Wildman–Crippen LogP) is 2.64. The fourth-order valence-electron chi connectivity index (χ4n) is 3.43.